The summed E-state index contributed by atoms with van der Waals surface area (Å²) in [6.45, 7) is 1.88. The average Bonchev–Trinajstić information content (AvgIpc) is 1.66. The lowest BCUT2D eigenvalue weighted by Crippen LogP contribution is -2.24. The minimum absolute atomic E-state index is 0.606. The van der Waals surface area contributed by atoms with E-state index >= 15 is 0 Å². The summed E-state index contributed by atoms with van der Waals surface area (Å²) in [5, 5.41) is 2.12. The second-order valence-electron chi connectivity index (χ2n) is 1.14. The minimum atomic E-state index is -0.606. The first-order valence-electron chi connectivity index (χ1n) is 2.30. The average molecular weight is 112 g/mol. The molecule has 0 unspecified atom stereocenters. The number of carbonyl (C=O) groups excluding carboxylic acids is 1. The van der Waals surface area contributed by atoms with Crippen LogP contribution < -0.4 is 11.1 Å². The van der Waals surface area contributed by atoms with Crippen LogP contribution in [0.15, 0.2) is 0 Å². The Morgan fingerprint density at radius 1 is 1.88 bits per heavy atom. The van der Waals surface area contributed by atoms with Crippen molar-refractivity contribution in [3.05, 3.63) is 0 Å². The fraction of sp³-hybridized carbons (Fsp3) is 0.400. The summed E-state index contributed by atoms with van der Waals surface area (Å²) in [6.07, 6.45) is 0.722. The molecule has 44 valence electrons. The van der Waals surface area contributed by atoms with Crippen molar-refractivity contribution in [1.29, 1.82) is 0 Å². The zero-order valence-electron chi connectivity index (χ0n) is 4.69. The molecule has 0 bridgehead atoms. The molecule has 8 heavy (non-hydrogen) atoms. The van der Waals surface area contributed by atoms with Gasteiger partial charge in [-0.1, -0.05) is 12.8 Å². The van der Waals surface area contributed by atoms with Crippen LogP contribution in [0.1, 0.15) is 13.3 Å². The summed E-state index contributed by atoms with van der Waals surface area (Å²) in [7, 11) is 0. The number of hydrogen-bond donors (Lipinski definition) is 2. The monoisotopic (exact) mass is 112 g/mol. The molecule has 0 spiro atoms. The predicted octanol–water partition coefficient (Wildman–Crippen LogP) is 0.0256. The van der Waals surface area contributed by atoms with Crippen LogP contribution >= 0.6 is 0 Å². The number of hydrogen-bond acceptors (Lipinski definition) is 1. The zero-order chi connectivity index (χ0) is 6.41. The Kier molecular flexibility index (Phi) is 3.42. The number of amides is 2. The molecule has 0 fully saturated rings. The highest BCUT2D eigenvalue weighted by atomic mass is 16.2. The fourth-order valence-electron chi connectivity index (χ4n) is 0.194. The third-order valence-corrected chi connectivity index (χ3v) is 0.451. The van der Waals surface area contributed by atoms with Crippen LogP contribution in [0.2, 0.25) is 0 Å². The smallest absolute Gasteiger partial charge is 0.323 e. The predicted molar refractivity (Wildman–Crippen MR) is 30.8 cm³/mol. The van der Waals surface area contributed by atoms with Gasteiger partial charge in [-0.15, -0.1) is 0 Å². The first-order chi connectivity index (χ1) is 3.77. The molecule has 0 rings (SSSR count). The summed E-state index contributed by atoms with van der Waals surface area (Å²) in [4.78, 5) is 9.88. The Balaban J connectivity index is 3.29. The van der Waals surface area contributed by atoms with E-state index in [1.54, 1.807) is 0 Å². The molecule has 0 aromatic rings. The van der Waals surface area contributed by atoms with Crippen LogP contribution in [0, 0.1) is 12.0 Å². The number of nitrogens with one attached hydrogen (secondary N) is 1. The molecule has 0 radical (unpaired) electrons. The van der Waals surface area contributed by atoms with Crippen molar-refractivity contribution in [3.63, 3.8) is 0 Å². The number of urea groups is 1. The Morgan fingerprint density at radius 3 is 2.88 bits per heavy atom. The van der Waals surface area contributed by atoms with Gasteiger partial charge in [0, 0.05) is 12.5 Å². The lowest BCUT2D eigenvalue weighted by atomic mass is 10.5. The van der Waals surface area contributed by atoms with Gasteiger partial charge in [0.1, 0.15) is 0 Å². The first-order valence-corrected chi connectivity index (χ1v) is 2.30. The summed E-state index contributed by atoms with van der Waals surface area (Å²) in [5.74, 6) is 2.62. The van der Waals surface area contributed by atoms with E-state index in [1.165, 1.54) is 0 Å². The van der Waals surface area contributed by atoms with Crippen LogP contribution in [0.25, 0.3) is 0 Å². The van der Waals surface area contributed by atoms with Crippen molar-refractivity contribution in [2.24, 2.45) is 5.73 Å². The molecule has 3 N–H and O–H groups in total. The molecule has 0 aliphatic rings. The van der Waals surface area contributed by atoms with Crippen LogP contribution in [0.5, 0.6) is 0 Å². The highest BCUT2D eigenvalue weighted by Crippen LogP contribution is 1.62. The summed E-state index contributed by atoms with van der Waals surface area (Å²) in [6, 6.07) is 1.75. The van der Waals surface area contributed by atoms with Gasteiger partial charge in [-0.25, -0.2) is 4.79 Å². The lowest BCUT2D eigenvalue weighted by Gasteiger charge is -1.82. The molecule has 0 aromatic carbocycles. The van der Waals surface area contributed by atoms with E-state index in [1.807, 2.05) is 6.92 Å². The molecule has 0 saturated heterocycles. The van der Waals surface area contributed by atoms with Crippen molar-refractivity contribution >= 4 is 6.03 Å². The van der Waals surface area contributed by atoms with Crippen LogP contribution in [-0.4, -0.2) is 6.03 Å². The Labute approximate surface area is 48.2 Å². The van der Waals surface area contributed by atoms with Crippen molar-refractivity contribution in [1.82, 2.24) is 5.32 Å². The van der Waals surface area contributed by atoms with Crippen molar-refractivity contribution in [3.8, 4) is 12.0 Å². The van der Waals surface area contributed by atoms with Crippen LogP contribution in [-0.2, 0) is 0 Å². The number of carbonyl (C=O) groups is 1. The molecular formula is C5H8N2O. The minimum Gasteiger partial charge on any atom is -0.351 e. The van der Waals surface area contributed by atoms with Crippen molar-refractivity contribution < 1.29 is 4.79 Å². The Bertz CT molecular complexity index is 131. The molecule has 0 aliphatic carbocycles. The van der Waals surface area contributed by atoms with Crippen LogP contribution in [0.3, 0.4) is 0 Å². The SMILES string of the molecule is CCC#CNC(N)=O. The first kappa shape index (κ1) is 6.83. The highest BCUT2D eigenvalue weighted by molar-refractivity contribution is 5.73. The highest BCUT2D eigenvalue weighted by Gasteiger charge is 1.78. The van der Waals surface area contributed by atoms with E-state index in [0.717, 1.165) is 6.42 Å². The number of primary amides is 1. The summed E-state index contributed by atoms with van der Waals surface area (Å²) in [5.41, 5.74) is 4.68. The second kappa shape index (κ2) is 4.00. The number of nitrogens with two attached hydrogens (primary N) is 1. The van der Waals surface area contributed by atoms with Crippen molar-refractivity contribution in [2.75, 3.05) is 0 Å². The molecular weight excluding hydrogens is 104 g/mol. The van der Waals surface area contributed by atoms with Gasteiger partial charge in [-0.3, -0.25) is 5.32 Å². The Morgan fingerprint density at radius 2 is 2.50 bits per heavy atom. The topological polar surface area (TPSA) is 55.1 Å². The lowest BCUT2D eigenvalue weighted by molar-refractivity contribution is 0.252. The van der Waals surface area contributed by atoms with E-state index in [2.05, 4.69) is 23.0 Å². The molecule has 0 saturated carbocycles. The van der Waals surface area contributed by atoms with E-state index in [0.29, 0.717) is 0 Å². The Hall–Kier alpha value is -1.17. The summed E-state index contributed by atoms with van der Waals surface area (Å²) >= 11 is 0. The van der Waals surface area contributed by atoms with Gasteiger partial charge in [0.25, 0.3) is 0 Å². The van der Waals surface area contributed by atoms with Gasteiger partial charge in [0.05, 0.1) is 0 Å². The molecule has 0 aliphatic heterocycles. The quantitative estimate of drug-likeness (QED) is 0.337. The fourth-order valence-corrected chi connectivity index (χ4v) is 0.194. The van der Waals surface area contributed by atoms with Crippen LogP contribution in [0.4, 0.5) is 4.79 Å². The summed E-state index contributed by atoms with van der Waals surface area (Å²) < 4.78 is 0. The molecule has 0 aromatic heterocycles. The third-order valence-electron chi connectivity index (χ3n) is 0.451. The normalized spacial score (nSPS) is 6.62. The molecule has 3 heteroatoms. The molecule has 2 amide bonds. The van der Waals surface area contributed by atoms with E-state index in [-0.39, 0.29) is 0 Å². The van der Waals surface area contributed by atoms with E-state index in [4.69, 9.17) is 0 Å². The van der Waals surface area contributed by atoms with Gasteiger partial charge >= 0.3 is 6.03 Å². The van der Waals surface area contributed by atoms with Gasteiger partial charge in [0.15, 0.2) is 0 Å². The van der Waals surface area contributed by atoms with Gasteiger partial charge in [-0.05, 0) is 0 Å². The maximum Gasteiger partial charge on any atom is 0.323 e. The van der Waals surface area contributed by atoms with Gasteiger partial charge in [-0.2, -0.15) is 0 Å². The molecule has 0 atom stereocenters. The zero-order valence-corrected chi connectivity index (χ0v) is 4.69. The molecule has 3 nitrogen and oxygen atoms in total. The second-order valence-corrected chi connectivity index (χ2v) is 1.14. The van der Waals surface area contributed by atoms with Gasteiger partial charge < -0.3 is 5.73 Å². The standard InChI is InChI=1S/C5H8N2O/c1-2-3-4-7-5(6)8/h2H2,1H3,(H3,6,7,8). The number of rotatable bonds is 0. The maximum absolute atomic E-state index is 9.88. The third kappa shape index (κ3) is 4.83. The largest absolute Gasteiger partial charge is 0.351 e. The maximum atomic E-state index is 9.88. The van der Waals surface area contributed by atoms with E-state index < -0.39 is 6.03 Å². The molecule has 0 heterocycles. The van der Waals surface area contributed by atoms with Crippen molar-refractivity contribution in [2.45, 2.75) is 13.3 Å². The van der Waals surface area contributed by atoms with E-state index in [9.17, 15) is 4.79 Å². The van der Waals surface area contributed by atoms with Gasteiger partial charge in [0.2, 0.25) is 0 Å².